The maximum atomic E-state index is 0. The average Bonchev–Trinajstić information content (AvgIpc) is 0. The standard InChI is InChI=1S/BrH.Li.H3P.H2S.H/h1H;;1H3;1H2;/q;+1;;;-1. The average molecular weight is 157 g/mol. The van der Waals surface area contributed by atoms with Crippen LogP contribution in [0, 0.1) is 0 Å². The van der Waals surface area contributed by atoms with Crippen molar-refractivity contribution in [2.24, 2.45) is 0 Å². The fraction of sp³-hybridized carbons (Fsp3) is 0. The van der Waals surface area contributed by atoms with Gasteiger partial charge in [-0.05, 0) is 0 Å². The van der Waals surface area contributed by atoms with Gasteiger partial charge in [-0.15, -0.1) is 17.0 Å². The Morgan fingerprint density at radius 3 is 1.25 bits per heavy atom. The molecule has 0 aliphatic rings. The van der Waals surface area contributed by atoms with Crippen LogP contribution in [0.4, 0.5) is 0 Å². The molecule has 0 N–H and O–H groups in total. The first-order chi connectivity index (χ1) is 0. The molecule has 4 heteroatoms. The Hall–Kier alpha value is 1.86. The molecule has 0 rings (SSSR count). The fourth-order valence-corrected chi connectivity index (χ4v) is 0. The second-order valence-corrected chi connectivity index (χ2v) is 0. The van der Waals surface area contributed by atoms with E-state index in [9.17, 15) is 0 Å². The van der Waals surface area contributed by atoms with Gasteiger partial charge in [-0.2, -0.15) is 23.4 Å². The first-order valence-electron chi connectivity index (χ1n) is 0. The summed E-state index contributed by atoms with van der Waals surface area (Å²) in [7, 11) is 0. The third-order valence-electron chi connectivity index (χ3n) is 0. The van der Waals surface area contributed by atoms with Crippen molar-refractivity contribution >= 4 is 40.4 Å². The topological polar surface area (TPSA) is 0 Å². The summed E-state index contributed by atoms with van der Waals surface area (Å²) in [5, 5.41) is 0. The normalized spacial score (nSPS) is 0. The van der Waals surface area contributed by atoms with Crippen molar-refractivity contribution in [3.8, 4) is 0 Å². The van der Waals surface area contributed by atoms with Gasteiger partial charge < -0.3 is 1.43 Å². The minimum absolute atomic E-state index is 0. The molecule has 1 unspecified atom stereocenters. The van der Waals surface area contributed by atoms with Crippen LogP contribution >= 0.6 is 40.4 Å². The van der Waals surface area contributed by atoms with Crippen molar-refractivity contribution in [1.29, 1.82) is 0 Å². The van der Waals surface area contributed by atoms with Gasteiger partial charge in [0.15, 0.2) is 0 Å². The van der Waals surface area contributed by atoms with Gasteiger partial charge in [0.05, 0.1) is 0 Å². The fourth-order valence-electron chi connectivity index (χ4n) is 0. The van der Waals surface area contributed by atoms with Crippen LogP contribution in [-0.4, -0.2) is 0 Å². The van der Waals surface area contributed by atoms with E-state index >= 15 is 0 Å². The molecule has 1 atom stereocenters. The van der Waals surface area contributed by atoms with Crippen LogP contribution in [-0.2, 0) is 0 Å². The van der Waals surface area contributed by atoms with E-state index < -0.39 is 0 Å². The van der Waals surface area contributed by atoms with E-state index in [1.54, 1.807) is 0 Å². The third kappa shape index (κ3) is 9.13. The molecule has 0 aromatic rings. The zero-order chi connectivity index (χ0) is 0. The van der Waals surface area contributed by atoms with Gasteiger partial charge >= 0.3 is 18.9 Å². The second-order valence-electron chi connectivity index (χ2n) is 0. The molecule has 0 amide bonds. The molecule has 26 valence electrons. The van der Waals surface area contributed by atoms with Gasteiger partial charge in [0, 0.05) is 0 Å². The van der Waals surface area contributed by atoms with Gasteiger partial charge in [0.1, 0.15) is 0 Å². The second kappa shape index (κ2) is 20.9. The summed E-state index contributed by atoms with van der Waals surface area (Å²) in [6.07, 6.45) is 0. The molecule has 0 saturated heterocycles. The van der Waals surface area contributed by atoms with Gasteiger partial charge in [0.25, 0.3) is 0 Å². The molecule has 0 nitrogen and oxygen atoms in total. The zero-order valence-corrected chi connectivity index (χ0v) is 6.74. The van der Waals surface area contributed by atoms with Crippen molar-refractivity contribution in [1.82, 2.24) is 0 Å². The maximum Gasteiger partial charge on any atom is 1.00 e. The van der Waals surface area contributed by atoms with E-state index in [4.69, 9.17) is 0 Å². The molecule has 0 radical (unpaired) electrons. The number of rotatable bonds is 0. The van der Waals surface area contributed by atoms with Crippen LogP contribution in [0.5, 0.6) is 0 Å². The number of halogens is 1. The number of hydrogen-bond donors (Lipinski definition) is 0. The van der Waals surface area contributed by atoms with Crippen LogP contribution in [0.15, 0.2) is 0 Å². The molecule has 0 aliphatic heterocycles. The van der Waals surface area contributed by atoms with Crippen molar-refractivity contribution < 1.29 is 20.3 Å². The molecular formula is H7BrLiPS. The van der Waals surface area contributed by atoms with E-state index in [1.165, 1.54) is 0 Å². The van der Waals surface area contributed by atoms with Crippen molar-refractivity contribution in [3.05, 3.63) is 0 Å². The summed E-state index contributed by atoms with van der Waals surface area (Å²) in [5.74, 6) is 0. The molecular weight excluding hydrogens is 150 g/mol. The van der Waals surface area contributed by atoms with Crippen molar-refractivity contribution in [2.45, 2.75) is 0 Å². The van der Waals surface area contributed by atoms with E-state index in [0.29, 0.717) is 0 Å². The predicted octanol–water partition coefficient (Wildman–Crippen LogP) is -2.13. The first-order valence-corrected chi connectivity index (χ1v) is 0. The van der Waals surface area contributed by atoms with Gasteiger partial charge in [-0.3, -0.25) is 0 Å². The summed E-state index contributed by atoms with van der Waals surface area (Å²) in [5.41, 5.74) is 0. The Morgan fingerprint density at radius 2 is 1.25 bits per heavy atom. The van der Waals surface area contributed by atoms with Crippen molar-refractivity contribution in [3.63, 3.8) is 0 Å². The summed E-state index contributed by atoms with van der Waals surface area (Å²) >= 11 is 0. The molecule has 0 spiro atoms. The molecule has 0 fully saturated rings. The minimum atomic E-state index is 0. The van der Waals surface area contributed by atoms with E-state index in [-0.39, 0.29) is 60.7 Å². The largest absolute Gasteiger partial charge is 1.00 e. The van der Waals surface area contributed by atoms with E-state index in [0.717, 1.165) is 0 Å². The summed E-state index contributed by atoms with van der Waals surface area (Å²) in [6.45, 7) is 0. The first kappa shape index (κ1) is 40.1. The third-order valence-corrected chi connectivity index (χ3v) is 0. The monoisotopic (exact) mass is 156 g/mol. The zero-order valence-electron chi connectivity index (χ0n) is 3.62. The van der Waals surface area contributed by atoms with Crippen LogP contribution < -0.4 is 18.9 Å². The Balaban J connectivity index is 0. The van der Waals surface area contributed by atoms with E-state index in [1.807, 2.05) is 0 Å². The van der Waals surface area contributed by atoms with Gasteiger partial charge in [0.2, 0.25) is 0 Å². The van der Waals surface area contributed by atoms with Gasteiger partial charge in [-0.1, -0.05) is 0 Å². The smallest absolute Gasteiger partial charge is 1.00 e. The van der Waals surface area contributed by atoms with Crippen molar-refractivity contribution in [2.75, 3.05) is 0 Å². The minimum Gasteiger partial charge on any atom is -1.00 e. The summed E-state index contributed by atoms with van der Waals surface area (Å²) in [4.78, 5) is 0. The van der Waals surface area contributed by atoms with Crippen LogP contribution in [0.3, 0.4) is 0 Å². The Labute approximate surface area is 60.6 Å². The molecule has 0 aromatic heterocycles. The molecule has 0 aromatic carbocycles. The maximum absolute atomic E-state index is 0. The Morgan fingerprint density at radius 1 is 1.25 bits per heavy atom. The molecule has 0 aliphatic carbocycles. The molecule has 4 heavy (non-hydrogen) atoms. The van der Waals surface area contributed by atoms with Gasteiger partial charge in [-0.25, -0.2) is 0 Å². The summed E-state index contributed by atoms with van der Waals surface area (Å²) < 4.78 is 0. The Kier molecular flexibility index (Phi) is 210. The quantitative estimate of drug-likeness (QED) is 0.278. The van der Waals surface area contributed by atoms with Crippen LogP contribution in [0.2, 0.25) is 0 Å². The molecule has 0 saturated carbocycles. The van der Waals surface area contributed by atoms with Crippen LogP contribution in [0.25, 0.3) is 0 Å². The Bertz CT molecular complexity index is 11.6. The van der Waals surface area contributed by atoms with E-state index in [2.05, 4.69) is 0 Å². The number of hydrogen-bond acceptors (Lipinski definition) is 0. The SMILES string of the molecule is Br.P.S.[H-].[Li+]. The predicted molar refractivity (Wildman–Crippen MR) is 32.9 cm³/mol. The van der Waals surface area contributed by atoms with Crippen LogP contribution in [0.1, 0.15) is 1.43 Å². The summed E-state index contributed by atoms with van der Waals surface area (Å²) in [6, 6.07) is 0. The molecule has 0 bridgehead atoms. The molecule has 0 heterocycles.